The van der Waals surface area contributed by atoms with Gasteiger partial charge in [0.1, 0.15) is 0 Å². The molecule has 4 heteroatoms. The molecule has 0 aliphatic heterocycles. The van der Waals surface area contributed by atoms with Gasteiger partial charge < -0.3 is 9.94 Å². The summed E-state index contributed by atoms with van der Waals surface area (Å²) in [6, 6.07) is 7.25. The quantitative estimate of drug-likeness (QED) is 0.419. The molecule has 0 saturated heterocycles. The standard InChI is InChI=1S/C11H14N2O2/c1-8(2)13-15-11(14)12-10-6-4-9(3)5-7-10/h4-7H,1-3H3,(H,12,14)/p-1. The van der Waals surface area contributed by atoms with Crippen molar-refractivity contribution in [1.29, 1.82) is 0 Å². The van der Waals surface area contributed by atoms with Gasteiger partial charge in [-0.2, -0.15) is 0 Å². The molecule has 0 radical (unpaired) electrons. The van der Waals surface area contributed by atoms with Gasteiger partial charge in [0.05, 0.1) is 5.69 Å². The molecule has 1 rings (SSSR count). The van der Waals surface area contributed by atoms with Gasteiger partial charge in [-0.15, -0.1) is 0 Å². The lowest BCUT2D eigenvalue weighted by Gasteiger charge is -2.08. The topological polar surface area (TPSA) is 57.0 Å². The van der Waals surface area contributed by atoms with E-state index in [2.05, 4.69) is 15.0 Å². The minimum Gasteiger partial charge on any atom is -0.528 e. The Bertz CT molecular complexity index is 376. The molecule has 0 spiro atoms. The van der Waals surface area contributed by atoms with Crippen LogP contribution in [0.2, 0.25) is 0 Å². The van der Waals surface area contributed by atoms with Crippen LogP contribution in [-0.4, -0.2) is 11.8 Å². The van der Waals surface area contributed by atoms with E-state index in [4.69, 9.17) is 0 Å². The Morgan fingerprint density at radius 1 is 1.20 bits per heavy atom. The SMILES string of the molecule is CC(C)=NOC([O-])=Nc1ccc(C)cc1. The molecule has 0 saturated carbocycles. The first kappa shape index (κ1) is 11.2. The smallest absolute Gasteiger partial charge is 0.170 e. The summed E-state index contributed by atoms with van der Waals surface area (Å²) in [7, 11) is 0. The molecular weight excluding hydrogens is 192 g/mol. The van der Waals surface area contributed by atoms with E-state index in [9.17, 15) is 5.11 Å². The van der Waals surface area contributed by atoms with E-state index in [1.807, 2.05) is 19.1 Å². The van der Waals surface area contributed by atoms with Crippen molar-refractivity contribution in [3.05, 3.63) is 29.8 Å². The first-order chi connectivity index (χ1) is 7.08. The first-order valence-electron chi connectivity index (χ1n) is 4.58. The Hall–Kier alpha value is -1.84. The maximum Gasteiger partial charge on any atom is 0.170 e. The second-order valence-corrected chi connectivity index (χ2v) is 3.34. The largest absolute Gasteiger partial charge is 0.528 e. The highest BCUT2D eigenvalue weighted by molar-refractivity contribution is 5.79. The van der Waals surface area contributed by atoms with E-state index in [1.165, 1.54) is 0 Å². The van der Waals surface area contributed by atoms with Crippen LogP contribution in [0, 0.1) is 6.92 Å². The lowest BCUT2D eigenvalue weighted by molar-refractivity contribution is -0.250. The van der Waals surface area contributed by atoms with Crippen molar-refractivity contribution in [2.45, 2.75) is 20.8 Å². The van der Waals surface area contributed by atoms with Gasteiger partial charge in [-0.3, -0.25) is 0 Å². The normalized spacial score (nSPS) is 11.0. The van der Waals surface area contributed by atoms with Crippen LogP contribution in [0.4, 0.5) is 5.69 Å². The van der Waals surface area contributed by atoms with Gasteiger partial charge in [0.25, 0.3) is 0 Å². The number of hydrogen-bond donors (Lipinski definition) is 0. The molecule has 4 nitrogen and oxygen atoms in total. The third kappa shape index (κ3) is 4.26. The lowest BCUT2D eigenvalue weighted by Crippen LogP contribution is -2.18. The molecule has 0 aliphatic carbocycles. The zero-order valence-electron chi connectivity index (χ0n) is 9.02. The summed E-state index contributed by atoms with van der Waals surface area (Å²) in [5.74, 6) is 0. The molecule has 0 N–H and O–H groups in total. The number of aryl methyl sites for hydroxylation is 1. The van der Waals surface area contributed by atoms with Gasteiger partial charge in [0.15, 0.2) is 6.08 Å². The highest BCUT2D eigenvalue weighted by Crippen LogP contribution is 2.12. The van der Waals surface area contributed by atoms with Crippen LogP contribution in [0.25, 0.3) is 0 Å². The van der Waals surface area contributed by atoms with Gasteiger partial charge >= 0.3 is 0 Å². The van der Waals surface area contributed by atoms with Crippen LogP contribution in [0.3, 0.4) is 0 Å². The summed E-state index contributed by atoms with van der Waals surface area (Å²) in [4.78, 5) is 8.22. The van der Waals surface area contributed by atoms with Gasteiger partial charge in [0, 0.05) is 5.71 Å². The number of hydrogen-bond acceptors (Lipinski definition) is 4. The predicted octanol–water partition coefficient (Wildman–Crippen LogP) is 1.76. The average Bonchev–Trinajstić information content (AvgIpc) is 2.19. The fourth-order valence-corrected chi connectivity index (χ4v) is 0.875. The summed E-state index contributed by atoms with van der Waals surface area (Å²) in [5.41, 5.74) is 2.35. The highest BCUT2D eigenvalue weighted by atomic mass is 16.7. The lowest BCUT2D eigenvalue weighted by atomic mass is 10.2. The first-order valence-corrected chi connectivity index (χ1v) is 4.58. The zero-order valence-corrected chi connectivity index (χ0v) is 9.02. The molecule has 15 heavy (non-hydrogen) atoms. The monoisotopic (exact) mass is 205 g/mol. The van der Waals surface area contributed by atoms with Gasteiger partial charge in [0.2, 0.25) is 0 Å². The maximum atomic E-state index is 11.1. The molecule has 1 aromatic carbocycles. The summed E-state index contributed by atoms with van der Waals surface area (Å²) in [6.07, 6.45) is -0.708. The molecule has 80 valence electrons. The second-order valence-electron chi connectivity index (χ2n) is 3.34. The van der Waals surface area contributed by atoms with E-state index in [1.54, 1.807) is 26.0 Å². The maximum absolute atomic E-state index is 11.1. The third-order valence-corrected chi connectivity index (χ3v) is 1.56. The van der Waals surface area contributed by atoms with Crippen LogP contribution in [0.15, 0.2) is 34.4 Å². The van der Waals surface area contributed by atoms with Crippen LogP contribution in [-0.2, 0) is 4.84 Å². The minimum absolute atomic E-state index is 0.564. The number of nitrogens with zero attached hydrogens (tertiary/aromatic N) is 2. The van der Waals surface area contributed by atoms with Crippen molar-refractivity contribution >= 4 is 17.5 Å². The second kappa shape index (κ2) is 5.14. The Kier molecular flexibility index (Phi) is 3.85. The molecular formula is C11H13N2O2-. The van der Waals surface area contributed by atoms with Crippen molar-refractivity contribution in [3.8, 4) is 0 Å². The van der Waals surface area contributed by atoms with E-state index in [-0.39, 0.29) is 0 Å². The zero-order chi connectivity index (χ0) is 11.3. The molecule has 0 bridgehead atoms. The number of oxime groups is 1. The van der Waals surface area contributed by atoms with Crippen molar-refractivity contribution in [2.24, 2.45) is 10.1 Å². The predicted molar refractivity (Wildman–Crippen MR) is 58.1 cm³/mol. The van der Waals surface area contributed by atoms with Crippen molar-refractivity contribution < 1.29 is 9.94 Å². The van der Waals surface area contributed by atoms with Gasteiger partial charge in [-0.05, 0) is 32.9 Å². The van der Waals surface area contributed by atoms with Crippen LogP contribution >= 0.6 is 0 Å². The number of aliphatic imine (C=N–C) groups is 1. The summed E-state index contributed by atoms with van der Waals surface area (Å²) >= 11 is 0. The molecule has 0 amide bonds. The number of rotatable bonds is 2. The molecule has 0 aromatic heterocycles. The molecule has 0 unspecified atom stereocenters. The van der Waals surface area contributed by atoms with Crippen molar-refractivity contribution in [1.82, 2.24) is 0 Å². The fourth-order valence-electron chi connectivity index (χ4n) is 0.875. The summed E-state index contributed by atoms with van der Waals surface area (Å²) in [6.45, 7) is 5.44. The molecule has 0 heterocycles. The fraction of sp³-hybridized carbons (Fsp3) is 0.273. The van der Waals surface area contributed by atoms with Crippen molar-refractivity contribution in [2.75, 3.05) is 0 Å². The van der Waals surface area contributed by atoms with E-state index in [0.29, 0.717) is 11.4 Å². The van der Waals surface area contributed by atoms with Crippen LogP contribution in [0.5, 0.6) is 0 Å². The molecule has 0 aliphatic rings. The highest BCUT2D eigenvalue weighted by Gasteiger charge is 1.88. The Balaban J connectivity index is 2.70. The van der Waals surface area contributed by atoms with Crippen LogP contribution < -0.4 is 5.11 Å². The van der Waals surface area contributed by atoms with E-state index < -0.39 is 6.08 Å². The van der Waals surface area contributed by atoms with E-state index in [0.717, 1.165) is 5.56 Å². The van der Waals surface area contributed by atoms with Crippen LogP contribution in [0.1, 0.15) is 19.4 Å². The molecule has 0 fully saturated rings. The molecule has 0 atom stereocenters. The summed E-state index contributed by atoms with van der Waals surface area (Å²) < 4.78 is 0. The molecule has 1 aromatic rings. The third-order valence-electron chi connectivity index (χ3n) is 1.56. The Morgan fingerprint density at radius 3 is 2.33 bits per heavy atom. The average molecular weight is 205 g/mol. The minimum atomic E-state index is -0.708. The number of benzene rings is 1. The van der Waals surface area contributed by atoms with Crippen molar-refractivity contribution in [3.63, 3.8) is 0 Å². The van der Waals surface area contributed by atoms with Gasteiger partial charge in [-0.25, -0.2) is 10.1 Å². The summed E-state index contributed by atoms with van der Waals surface area (Å²) in [5, 5.41) is 14.6. The Morgan fingerprint density at radius 2 is 1.80 bits per heavy atom. The Labute approximate surface area is 88.9 Å². The van der Waals surface area contributed by atoms with Gasteiger partial charge in [-0.1, -0.05) is 17.7 Å². The van der Waals surface area contributed by atoms with E-state index >= 15 is 0 Å².